The number of nitrogens with zero attached hydrogens (tertiary/aromatic N) is 3. The van der Waals surface area contributed by atoms with E-state index < -0.39 is 9.76 Å². The van der Waals surface area contributed by atoms with Crippen LogP contribution in [0.5, 0.6) is 0 Å². The fourth-order valence-electron chi connectivity index (χ4n) is 4.00. The minimum Gasteiger partial charge on any atom is -0.422 e. The van der Waals surface area contributed by atoms with Crippen molar-refractivity contribution in [3.05, 3.63) is 0 Å². The second-order valence-corrected chi connectivity index (χ2v) is 9.62. The lowest BCUT2D eigenvalue weighted by Gasteiger charge is -2.42. The van der Waals surface area contributed by atoms with Gasteiger partial charge in [-0.05, 0) is 79.9 Å². The predicted octanol–water partition coefficient (Wildman–Crippen LogP) is 2.93. The van der Waals surface area contributed by atoms with Crippen LogP contribution < -0.4 is 0 Å². The third-order valence-corrected chi connectivity index (χ3v) is 6.88. The summed E-state index contributed by atoms with van der Waals surface area (Å²) in [6.45, 7) is 18.3. The number of hydrogen-bond acceptors (Lipinski definition) is 4. The quantitative estimate of drug-likeness (QED) is 0.387. The molecule has 5 heteroatoms. The molecule has 0 amide bonds. The summed E-state index contributed by atoms with van der Waals surface area (Å²) in [4.78, 5) is 7.63. The molecule has 25 heavy (non-hydrogen) atoms. The second-order valence-electron chi connectivity index (χ2n) is 8.38. The predicted molar refractivity (Wildman–Crippen MR) is 115 cm³/mol. The summed E-state index contributed by atoms with van der Waals surface area (Å²) in [5.74, 6) is 0. The van der Waals surface area contributed by atoms with Crippen LogP contribution in [0.15, 0.2) is 0 Å². The highest BCUT2D eigenvalue weighted by atomic mass is 28.2. The monoisotopic (exact) mass is 373 g/mol. The summed E-state index contributed by atoms with van der Waals surface area (Å²) in [5, 5.41) is 0. The van der Waals surface area contributed by atoms with Gasteiger partial charge in [-0.1, -0.05) is 20.8 Å². The minimum atomic E-state index is -0.491. The topological polar surface area (TPSA) is 19.0 Å². The molecule has 4 nitrogen and oxygen atoms in total. The highest BCUT2D eigenvalue weighted by molar-refractivity contribution is 6.27. The van der Waals surface area contributed by atoms with E-state index in [1.165, 1.54) is 64.6 Å². The van der Waals surface area contributed by atoms with Gasteiger partial charge >= 0.3 is 0 Å². The summed E-state index contributed by atoms with van der Waals surface area (Å²) in [6, 6.07) is 1.27. The van der Waals surface area contributed by atoms with Crippen LogP contribution in [-0.4, -0.2) is 91.0 Å². The van der Waals surface area contributed by atoms with Crippen molar-refractivity contribution in [3.8, 4) is 0 Å². The van der Waals surface area contributed by atoms with Crippen molar-refractivity contribution in [2.24, 2.45) is 5.41 Å². The van der Waals surface area contributed by atoms with Gasteiger partial charge in [-0.3, -0.25) is 0 Å². The molecule has 0 aromatic rings. The Labute approximate surface area is 161 Å². The highest BCUT2D eigenvalue weighted by Crippen LogP contribution is 2.27. The molecule has 0 atom stereocenters. The van der Waals surface area contributed by atoms with E-state index in [-0.39, 0.29) is 0 Å². The zero-order valence-electron chi connectivity index (χ0n) is 18.6. The first-order valence-electron chi connectivity index (χ1n) is 10.5. The second kappa shape index (κ2) is 14.2. The molecule has 0 heterocycles. The maximum Gasteiger partial charge on any atom is 0.162 e. The van der Waals surface area contributed by atoms with E-state index in [1.807, 2.05) is 0 Å². The van der Waals surface area contributed by atoms with Gasteiger partial charge in [-0.15, -0.1) is 0 Å². The molecule has 0 saturated carbocycles. The third kappa shape index (κ3) is 12.1. The van der Waals surface area contributed by atoms with Crippen LogP contribution in [0.3, 0.4) is 0 Å². The Hall–Kier alpha value is 0.0569. The molecule has 0 aliphatic carbocycles. The maximum absolute atomic E-state index is 6.11. The molecule has 0 radical (unpaired) electrons. The van der Waals surface area contributed by atoms with Crippen LogP contribution in [0.1, 0.15) is 53.9 Å². The molecule has 0 aliphatic heterocycles. The van der Waals surface area contributed by atoms with Crippen LogP contribution >= 0.6 is 0 Å². The van der Waals surface area contributed by atoms with Gasteiger partial charge in [-0.2, -0.15) is 0 Å². The molecule has 0 aromatic carbocycles. The molecule has 0 N–H and O–H groups in total. The van der Waals surface area contributed by atoms with Crippen LogP contribution in [-0.2, 0) is 4.43 Å². The van der Waals surface area contributed by atoms with Crippen LogP contribution in [0.2, 0.25) is 6.04 Å². The fraction of sp³-hybridized carbons (Fsp3) is 1.00. The van der Waals surface area contributed by atoms with E-state index in [2.05, 4.69) is 70.5 Å². The molecule has 0 rings (SSSR count). The van der Waals surface area contributed by atoms with E-state index in [0.29, 0.717) is 11.5 Å². The van der Waals surface area contributed by atoms with Gasteiger partial charge in [0.1, 0.15) is 0 Å². The van der Waals surface area contributed by atoms with Crippen molar-refractivity contribution >= 4 is 9.76 Å². The summed E-state index contributed by atoms with van der Waals surface area (Å²) < 4.78 is 6.11. The minimum absolute atomic E-state index is 0.318. The van der Waals surface area contributed by atoms with Gasteiger partial charge in [-0.25, -0.2) is 0 Å². The van der Waals surface area contributed by atoms with E-state index in [9.17, 15) is 0 Å². The largest absolute Gasteiger partial charge is 0.422 e. The summed E-state index contributed by atoms with van der Waals surface area (Å²) >= 11 is 0. The third-order valence-electron chi connectivity index (χ3n) is 4.72. The van der Waals surface area contributed by atoms with Crippen molar-refractivity contribution < 1.29 is 4.43 Å². The Morgan fingerprint density at radius 1 is 0.760 bits per heavy atom. The zero-order chi connectivity index (χ0) is 19.3. The van der Waals surface area contributed by atoms with Gasteiger partial charge in [0, 0.05) is 31.2 Å². The lowest BCUT2D eigenvalue weighted by atomic mass is 9.87. The molecule has 0 unspecified atom stereocenters. The van der Waals surface area contributed by atoms with Crippen molar-refractivity contribution in [1.29, 1.82) is 0 Å². The van der Waals surface area contributed by atoms with Gasteiger partial charge < -0.3 is 19.1 Å². The van der Waals surface area contributed by atoms with Gasteiger partial charge in [0.15, 0.2) is 9.76 Å². The smallest absolute Gasteiger partial charge is 0.162 e. The molecule has 0 bridgehead atoms. The molecular weight excluding hydrogens is 326 g/mol. The van der Waals surface area contributed by atoms with E-state index in [4.69, 9.17) is 4.43 Å². The first kappa shape index (κ1) is 25.1. The SMILES string of the molecule is CCCN(C)CC(C[SiH2]OC(C)C)(CN(C)CCC)CN(C)CCC. The molecule has 0 spiro atoms. The Morgan fingerprint density at radius 2 is 1.12 bits per heavy atom. The molecular formula is C20H47N3OSi. The Morgan fingerprint density at radius 3 is 1.40 bits per heavy atom. The van der Waals surface area contributed by atoms with Crippen molar-refractivity contribution in [3.63, 3.8) is 0 Å². The lowest BCUT2D eigenvalue weighted by Crippen LogP contribution is -2.50. The zero-order valence-corrected chi connectivity index (χ0v) is 20.0. The lowest BCUT2D eigenvalue weighted by molar-refractivity contribution is 0.0900. The van der Waals surface area contributed by atoms with E-state index in [0.717, 1.165) is 0 Å². The summed E-state index contributed by atoms with van der Waals surface area (Å²) in [5.41, 5.74) is 0.318. The molecule has 0 saturated heterocycles. The maximum atomic E-state index is 6.11. The summed E-state index contributed by atoms with van der Waals surface area (Å²) in [6.07, 6.45) is 4.05. The van der Waals surface area contributed by atoms with Gasteiger partial charge in [0.2, 0.25) is 0 Å². The first-order chi connectivity index (χ1) is 11.8. The first-order valence-corrected chi connectivity index (χ1v) is 12.0. The molecule has 0 fully saturated rings. The van der Waals surface area contributed by atoms with Crippen molar-refractivity contribution in [2.75, 3.05) is 60.4 Å². The van der Waals surface area contributed by atoms with Crippen molar-refractivity contribution in [2.45, 2.75) is 66.0 Å². The Balaban J connectivity index is 5.25. The van der Waals surface area contributed by atoms with Gasteiger partial charge in [0.05, 0.1) is 0 Å². The molecule has 0 aliphatic rings. The average Bonchev–Trinajstić information content (AvgIpc) is 2.46. The Bertz CT molecular complexity index is 279. The van der Waals surface area contributed by atoms with Crippen LogP contribution in [0.4, 0.5) is 0 Å². The fourth-order valence-corrected chi connectivity index (χ4v) is 5.49. The van der Waals surface area contributed by atoms with Crippen LogP contribution in [0.25, 0.3) is 0 Å². The standard InChI is InChI=1S/C20H47N3OSi/c1-9-12-21(6)15-20(16-22(7)13-10-2,17-23(8)14-11-3)18-25-24-19(4)5/h19H,9-18,25H2,1-8H3. The molecule has 0 aromatic heterocycles. The normalized spacial score (nSPS) is 13.4. The van der Waals surface area contributed by atoms with Crippen LogP contribution in [0, 0.1) is 5.41 Å². The summed E-state index contributed by atoms with van der Waals surface area (Å²) in [7, 11) is 6.39. The van der Waals surface area contributed by atoms with Crippen molar-refractivity contribution in [1.82, 2.24) is 14.7 Å². The number of hydrogen-bond donors (Lipinski definition) is 0. The van der Waals surface area contributed by atoms with Gasteiger partial charge in [0.25, 0.3) is 0 Å². The Kier molecular flexibility index (Phi) is 14.2. The average molecular weight is 374 g/mol. The van der Waals surface area contributed by atoms with E-state index in [1.54, 1.807) is 0 Å². The highest BCUT2D eigenvalue weighted by Gasteiger charge is 2.34. The van der Waals surface area contributed by atoms with E-state index >= 15 is 0 Å². The molecule has 152 valence electrons. The number of rotatable bonds is 16.